The number of carbonyl (C=O) groups excluding carboxylic acids is 1. The van der Waals surface area contributed by atoms with E-state index in [1.807, 2.05) is 43.3 Å². The van der Waals surface area contributed by atoms with Crippen molar-refractivity contribution in [2.75, 3.05) is 5.32 Å². The molecule has 4 aromatic rings. The zero-order valence-corrected chi connectivity index (χ0v) is 15.9. The number of nitrogens with two attached hydrogens (primary N) is 1. The fourth-order valence-electron chi connectivity index (χ4n) is 3.13. The smallest absolute Gasteiger partial charge is 0.255 e. The van der Waals surface area contributed by atoms with Crippen LogP contribution in [-0.2, 0) is 0 Å². The van der Waals surface area contributed by atoms with Crippen molar-refractivity contribution in [1.82, 2.24) is 15.2 Å². The first-order chi connectivity index (χ1) is 13.5. The Morgan fingerprint density at radius 2 is 1.96 bits per heavy atom. The molecule has 0 aliphatic heterocycles. The van der Waals surface area contributed by atoms with Crippen molar-refractivity contribution in [3.63, 3.8) is 0 Å². The third-order valence-corrected chi connectivity index (χ3v) is 4.82. The number of nitrogens with one attached hydrogen (secondary N) is 2. The van der Waals surface area contributed by atoms with Crippen LogP contribution in [0.1, 0.15) is 28.9 Å². The second-order valence-electron chi connectivity index (χ2n) is 6.54. The lowest BCUT2D eigenvalue weighted by atomic mass is 9.93. The van der Waals surface area contributed by atoms with Crippen LogP contribution in [0, 0.1) is 0 Å². The van der Waals surface area contributed by atoms with E-state index in [0.717, 1.165) is 22.1 Å². The van der Waals surface area contributed by atoms with Crippen LogP contribution in [0.2, 0.25) is 5.02 Å². The van der Waals surface area contributed by atoms with Gasteiger partial charge in [0.1, 0.15) is 0 Å². The highest BCUT2D eigenvalue weighted by atomic mass is 35.5. The van der Waals surface area contributed by atoms with E-state index in [4.69, 9.17) is 17.3 Å². The number of H-pyrrole nitrogens is 1. The maximum absolute atomic E-state index is 12.9. The second kappa shape index (κ2) is 7.42. The molecule has 2 aromatic heterocycles. The molecule has 1 atom stereocenters. The molecule has 1 amide bonds. The molecule has 0 saturated heterocycles. The summed E-state index contributed by atoms with van der Waals surface area (Å²) in [6.45, 7) is 1.92. The van der Waals surface area contributed by atoms with Crippen molar-refractivity contribution >= 4 is 34.2 Å². The highest BCUT2D eigenvalue weighted by molar-refractivity contribution is 6.30. The Hall–Kier alpha value is -3.22. The number of amides is 1. The van der Waals surface area contributed by atoms with E-state index >= 15 is 0 Å². The first-order valence-electron chi connectivity index (χ1n) is 8.78. The highest BCUT2D eigenvalue weighted by Crippen LogP contribution is 2.30. The van der Waals surface area contributed by atoms with Gasteiger partial charge < -0.3 is 11.1 Å². The number of halogens is 1. The molecule has 2 heterocycles. The molecule has 2 aromatic carbocycles. The number of aromatic amines is 1. The topological polar surface area (TPSA) is 96.7 Å². The predicted octanol–water partition coefficient (Wildman–Crippen LogP) is 4.55. The molecule has 140 valence electrons. The van der Waals surface area contributed by atoms with E-state index in [0.29, 0.717) is 21.9 Å². The summed E-state index contributed by atoms with van der Waals surface area (Å²) >= 11 is 6.01. The Labute approximate surface area is 166 Å². The molecule has 0 bridgehead atoms. The minimum absolute atomic E-state index is 0.173. The van der Waals surface area contributed by atoms with Gasteiger partial charge in [-0.05, 0) is 53.9 Å². The van der Waals surface area contributed by atoms with Gasteiger partial charge >= 0.3 is 0 Å². The molecule has 0 radical (unpaired) electrons. The van der Waals surface area contributed by atoms with Crippen LogP contribution in [0.5, 0.6) is 0 Å². The van der Waals surface area contributed by atoms with E-state index in [1.165, 1.54) is 0 Å². The lowest BCUT2D eigenvalue weighted by Crippen LogP contribution is -2.14. The zero-order chi connectivity index (χ0) is 19.7. The molecule has 7 heteroatoms. The van der Waals surface area contributed by atoms with Crippen molar-refractivity contribution < 1.29 is 4.79 Å². The van der Waals surface area contributed by atoms with Crippen LogP contribution in [0.4, 0.5) is 5.69 Å². The molecule has 0 aliphatic rings. The van der Waals surface area contributed by atoms with Crippen LogP contribution >= 0.6 is 11.6 Å². The number of nitrogens with zero attached hydrogens (tertiary/aromatic N) is 2. The van der Waals surface area contributed by atoms with Gasteiger partial charge in [-0.3, -0.25) is 9.89 Å². The molecular weight excluding hydrogens is 374 g/mol. The number of hydrogen-bond donors (Lipinski definition) is 3. The van der Waals surface area contributed by atoms with E-state index in [1.54, 1.807) is 24.5 Å². The molecule has 0 saturated carbocycles. The normalized spacial score (nSPS) is 12.1. The summed E-state index contributed by atoms with van der Waals surface area (Å²) in [6.07, 6.45) is 3.25. The predicted molar refractivity (Wildman–Crippen MR) is 111 cm³/mol. The third kappa shape index (κ3) is 3.47. The molecular formula is C21H18ClN5O. The number of rotatable bonds is 4. The van der Waals surface area contributed by atoms with Gasteiger partial charge in [0, 0.05) is 22.8 Å². The first-order valence-corrected chi connectivity index (χ1v) is 9.15. The molecule has 28 heavy (non-hydrogen) atoms. The number of anilines is 1. The molecule has 0 fully saturated rings. The third-order valence-electron chi connectivity index (χ3n) is 4.56. The number of hydrogen-bond acceptors (Lipinski definition) is 4. The Morgan fingerprint density at radius 1 is 1.18 bits per heavy atom. The Kier molecular flexibility index (Phi) is 4.81. The van der Waals surface area contributed by atoms with E-state index < -0.39 is 0 Å². The maximum Gasteiger partial charge on any atom is 0.255 e. The van der Waals surface area contributed by atoms with Crippen molar-refractivity contribution in [3.8, 4) is 11.1 Å². The Morgan fingerprint density at radius 3 is 2.71 bits per heavy atom. The minimum atomic E-state index is -0.222. The summed E-state index contributed by atoms with van der Waals surface area (Å²) in [7, 11) is 0. The summed E-state index contributed by atoms with van der Waals surface area (Å²) in [6, 6.07) is 14.6. The van der Waals surface area contributed by atoms with E-state index in [2.05, 4.69) is 20.5 Å². The summed E-state index contributed by atoms with van der Waals surface area (Å²) in [5, 5.41) is 11.1. The Bertz CT molecular complexity index is 1150. The SMILES string of the molecule is CC(N)c1ccc(C(=O)Nc2ccnc3[nH]ncc23)cc1-c1ccc(Cl)cc1. The fraction of sp³-hybridized carbons (Fsp3) is 0.0952. The lowest BCUT2D eigenvalue weighted by Gasteiger charge is -2.15. The molecule has 4 rings (SSSR count). The zero-order valence-electron chi connectivity index (χ0n) is 15.1. The van der Waals surface area contributed by atoms with Gasteiger partial charge in [0.2, 0.25) is 0 Å². The minimum Gasteiger partial charge on any atom is -0.324 e. The van der Waals surface area contributed by atoms with Gasteiger partial charge in [-0.25, -0.2) is 4.98 Å². The monoisotopic (exact) mass is 391 g/mol. The van der Waals surface area contributed by atoms with Gasteiger partial charge in [0.15, 0.2) is 5.65 Å². The van der Waals surface area contributed by atoms with Crippen LogP contribution in [0.25, 0.3) is 22.2 Å². The first kappa shape index (κ1) is 18.2. The number of carbonyl (C=O) groups is 1. The van der Waals surface area contributed by atoms with Crippen LogP contribution < -0.4 is 11.1 Å². The van der Waals surface area contributed by atoms with Gasteiger partial charge in [-0.1, -0.05) is 29.8 Å². The number of aromatic nitrogens is 3. The molecule has 0 spiro atoms. The fourth-order valence-corrected chi connectivity index (χ4v) is 3.25. The van der Waals surface area contributed by atoms with Gasteiger partial charge in [0.05, 0.1) is 17.3 Å². The average Bonchev–Trinajstić information content (AvgIpc) is 3.18. The van der Waals surface area contributed by atoms with E-state index in [-0.39, 0.29) is 11.9 Å². The highest BCUT2D eigenvalue weighted by Gasteiger charge is 2.15. The molecule has 0 aliphatic carbocycles. The Balaban J connectivity index is 1.71. The quantitative estimate of drug-likeness (QED) is 0.475. The van der Waals surface area contributed by atoms with Gasteiger partial charge in [0.25, 0.3) is 5.91 Å². The van der Waals surface area contributed by atoms with Crippen molar-refractivity contribution in [2.24, 2.45) is 5.73 Å². The number of fused-ring (bicyclic) bond motifs is 1. The van der Waals surface area contributed by atoms with Crippen LogP contribution in [0.15, 0.2) is 60.9 Å². The summed E-state index contributed by atoms with van der Waals surface area (Å²) in [5.41, 5.74) is 10.7. The van der Waals surface area contributed by atoms with Gasteiger partial charge in [-0.2, -0.15) is 5.10 Å². The largest absolute Gasteiger partial charge is 0.324 e. The maximum atomic E-state index is 12.9. The van der Waals surface area contributed by atoms with E-state index in [9.17, 15) is 4.79 Å². The summed E-state index contributed by atoms with van der Waals surface area (Å²) in [4.78, 5) is 17.1. The number of benzene rings is 2. The van der Waals surface area contributed by atoms with Crippen molar-refractivity contribution in [3.05, 3.63) is 77.1 Å². The molecule has 4 N–H and O–H groups in total. The number of pyridine rings is 1. The summed E-state index contributed by atoms with van der Waals surface area (Å²) in [5.74, 6) is -0.222. The van der Waals surface area contributed by atoms with Crippen molar-refractivity contribution in [1.29, 1.82) is 0 Å². The van der Waals surface area contributed by atoms with Gasteiger partial charge in [-0.15, -0.1) is 0 Å². The second-order valence-corrected chi connectivity index (χ2v) is 6.98. The standard InChI is InChI=1S/C21H18ClN5O/c1-12(23)16-7-4-14(10-17(16)13-2-5-15(22)6-3-13)21(28)26-19-8-9-24-20-18(19)11-25-27-20/h2-12H,23H2,1H3,(H2,24,25,26,27,28). The average molecular weight is 392 g/mol. The summed E-state index contributed by atoms with van der Waals surface area (Å²) < 4.78 is 0. The van der Waals surface area contributed by atoms with Crippen molar-refractivity contribution in [2.45, 2.75) is 13.0 Å². The van der Waals surface area contributed by atoms with Crippen LogP contribution in [-0.4, -0.2) is 21.1 Å². The lowest BCUT2D eigenvalue weighted by molar-refractivity contribution is 0.102. The molecule has 1 unspecified atom stereocenters. The molecule has 6 nitrogen and oxygen atoms in total. The van der Waals surface area contributed by atoms with Crippen LogP contribution in [0.3, 0.4) is 0 Å².